The first-order valence-electron chi connectivity index (χ1n) is 7.24. The molecular weight excluding hydrogens is 274 g/mol. The van der Waals surface area contributed by atoms with Gasteiger partial charge in [-0.05, 0) is 33.1 Å². The fraction of sp³-hybridized carbons (Fsp3) is 0.786. The van der Waals surface area contributed by atoms with Gasteiger partial charge in [0.2, 0.25) is 5.91 Å². The van der Waals surface area contributed by atoms with E-state index in [0.717, 1.165) is 0 Å². The van der Waals surface area contributed by atoms with Crippen molar-refractivity contribution >= 4 is 17.9 Å². The summed E-state index contributed by atoms with van der Waals surface area (Å²) in [6.07, 6.45) is 0.344. The molecule has 0 aromatic heterocycles. The summed E-state index contributed by atoms with van der Waals surface area (Å²) in [5, 5.41) is 14.3. The Hall–Kier alpha value is -1.79. The van der Waals surface area contributed by atoms with Gasteiger partial charge < -0.3 is 20.6 Å². The number of carbonyl (C=O) groups is 3. The number of carboxylic acids is 1. The molecular formula is C14H27N3O4. The fourth-order valence-corrected chi connectivity index (χ4v) is 1.80. The van der Waals surface area contributed by atoms with E-state index in [9.17, 15) is 14.4 Å². The molecule has 0 rings (SSSR count). The van der Waals surface area contributed by atoms with Crippen molar-refractivity contribution in [3.8, 4) is 0 Å². The van der Waals surface area contributed by atoms with Gasteiger partial charge in [0.15, 0.2) is 0 Å². The number of urea groups is 1. The molecule has 0 bridgehead atoms. The highest BCUT2D eigenvalue weighted by molar-refractivity contribution is 5.86. The second kappa shape index (κ2) is 9.20. The molecule has 0 unspecified atom stereocenters. The highest BCUT2D eigenvalue weighted by Crippen LogP contribution is 2.05. The molecule has 7 nitrogen and oxygen atoms in total. The molecule has 1 atom stereocenters. The standard InChI is InChI=1S/C14H27N3O4/c1-6-17(8-12(18)15-10(4)5)14(21)16-11(13(19)20)7-9(2)3/h9-11H,6-8H2,1-5H3,(H,15,18)(H,16,21)(H,19,20)/t11-/m0/s1. The number of aliphatic carboxylic acids is 1. The molecule has 122 valence electrons. The zero-order chi connectivity index (χ0) is 16.6. The van der Waals surface area contributed by atoms with E-state index >= 15 is 0 Å². The third-order valence-electron chi connectivity index (χ3n) is 2.76. The monoisotopic (exact) mass is 301 g/mol. The molecule has 0 aromatic carbocycles. The van der Waals surface area contributed by atoms with Gasteiger partial charge in [-0.25, -0.2) is 9.59 Å². The van der Waals surface area contributed by atoms with Gasteiger partial charge in [0.25, 0.3) is 0 Å². The van der Waals surface area contributed by atoms with Crippen molar-refractivity contribution in [1.82, 2.24) is 15.5 Å². The van der Waals surface area contributed by atoms with Crippen LogP contribution in [0.15, 0.2) is 0 Å². The van der Waals surface area contributed by atoms with Crippen LogP contribution in [0, 0.1) is 5.92 Å². The predicted molar refractivity (Wildman–Crippen MR) is 79.9 cm³/mol. The minimum Gasteiger partial charge on any atom is -0.480 e. The normalized spacial score (nSPS) is 12.1. The van der Waals surface area contributed by atoms with E-state index < -0.39 is 18.0 Å². The second-order valence-corrected chi connectivity index (χ2v) is 5.71. The molecule has 7 heteroatoms. The van der Waals surface area contributed by atoms with Gasteiger partial charge in [-0.15, -0.1) is 0 Å². The summed E-state index contributed by atoms with van der Waals surface area (Å²) in [6.45, 7) is 9.40. The molecule has 0 aliphatic carbocycles. The largest absolute Gasteiger partial charge is 0.480 e. The molecule has 21 heavy (non-hydrogen) atoms. The average Bonchev–Trinajstić information content (AvgIpc) is 2.33. The lowest BCUT2D eigenvalue weighted by atomic mass is 10.0. The van der Waals surface area contributed by atoms with Crippen LogP contribution in [0.25, 0.3) is 0 Å². The van der Waals surface area contributed by atoms with Crippen molar-refractivity contribution in [3.05, 3.63) is 0 Å². The summed E-state index contributed by atoms with van der Waals surface area (Å²) in [4.78, 5) is 36.2. The van der Waals surface area contributed by atoms with Crippen molar-refractivity contribution in [1.29, 1.82) is 0 Å². The van der Waals surface area contributed by atoms with Crippen LogP contribution in [0.5, 0.6) is 0 Å². The summed E-state index contributed by atoms with van der Waals surface area (Å²) in [6, 6.07) is -1.49. The van der Waals surface area contributed by atoms with E-state index in [-0.39, 0.29) is 24.4 Å². The fourth-order valence-electron chi connectivity index (χ4n) is 1.80. The first kappa shape index (κ1) is 19.2. The molecule has 0 saturated heterocycles. The van der Waals surface area contributed by atoms with Gasteiger partial charge >= 0.3 is 12.0 Å². The number of amides is 3. The molecule has 0 aliphatic rings. The molecule has 3 amide bonds. The van der Waals surface area contributed by atoms with Crippen molar-refractivity contribution in [3.63, 3.8) is 0 Å². The van der Waals surface area contributed by atoms with Crippen LogP contribution in [0.2, 0.25) is 0 Å². The third kappa shape index (κ3) is 8.16. The van der Waals surface area contributed by atoms with Crippen molar-refractivity contribution < 1.29 is 19.5 Å². The van der Waals surface area contributed by atoms with Crippen molar-refractivity contribution in [2.75, 3.05) is 13.1 Å². The minimum absolute atomic E-state index is 0.00743. The maximum atomic E-state index is 12.1. The van der Waals surface area contributed by atoms with Gasteiger partial charge in [0.1, 0.15) is 12.6 Å². The summed E-state index contributed by atoms with van der Waals surface area (Å²) < 4.78 is 0. The predicted octanol–water partition coefficient (Wildman–Crippen LogP) is 1.04. The summed E-state index contributed by atoms with van der Waals surface area (Å²) in [7, 11) is 0. The van der Waals surface area contributed by atoms with Crippen LogP contribution in [0.3, 0.4) is 0 Å². The Morgan fingerprint density at radius 3 is 2.05 bits per heavy atom. The van der Waals surface area contributed by atoms with Gasteiger partial charge in [0.05, 0.1) is 0 Å². The van der Waals surface area contributed by atoms with E-state index in [1.165, 1.54) is 4.90 Å². The Morgan fingerprint density at radius 1 is 1.10 bits per heavy atom. The number of hydrogen-bond donors (Lipinski definition) is 3. The second-order valence-electron chi connectivity index (χ2n) is 5.71. The van der Waals surface area contributed by atoms with Crippen molar-refractivity contribution in [2.24, 2.45) is 5.92 Å². The lowest BCUT2D eigenvalue weighted by Gasteiger charge is -2.24. The molecule has 0 spiro atoms. The van der Waals surface area contributed by atoms with Crippen LogP contribution in [0.4, 0.5) is 4.79 Å². The molecule has 0 aromatic rings. The molecule has 0 saturated carbocycles. The number of hydrogen-bond acceptors (Lipinski definition) is 3. The molecule has 3 N–H and O–H groups in total. The first-order valence-corrected chi connectivity index (χ1v) is 7.24. The molecule has 0 radical (unpaired) electrons. The van der Waals surface area contributed by atoms with Crippen LogP contribution in [-0.2, 0) is 9.59 Å². The lowest BCUT2D eigenvalue weighted by Crippen LogP contribution is -2.51. The smallest absolute Gasteiger partial charge is 0.326 e. The highest BCUT2D eigenvalue weighted by Gasteiger charge is 2.24. The number of nitrogens with one attached hydrogen (secondary N) is 2. The van der Waals surface area contributed by atoms with Crippen LogP contribution in [-0.4, -0.2) is 53.1 Å². The Morgan fingerprint density at radius 2 is 1.67 bits per heavy atom. The quantitative estimate of drug-likeness (QED) is 0.624. The van der Waals surface area contributed by atoms with E-state index in [1.54, 1.807) is 6.92 Å². The van der Waals surface area contributed by atoms with Crippen LogP contribution >= 0.6 is 0 Å². The van der Waals surface area contributed by atoms with E-state index in [1.807, 2.05) is 27.7 Å². The SMILES string of the molecule is CCN(CC(=O)NC(C)C)C(=O)N[C@@H](CC(C)C)C(=O)O. The summed E-state index contributed by atoms with van der Waals surface area (Å²) in [5.41, 5.74) is 0. The Balaban J connectivity index is 4.62. The minimum atomic E-state index is -1.07. The zero-order valence-corrected chi connectivity index (χ0v) is 13.5. The Bertz CT molecular complexity index is 369. The average molecular weight is 301 g/mol. The number of carboxylic acid groups (broad SMARTS) is 1. The topological polar surface area (TPSA) is 98.7 Å². The molecule has 0 heterocycles. The van der Waals surface area contributed by atoms with Gasteiger partial charge in [-0.3, -0.25) is 4.79 Å². The highest BCUT2D eigenvalue weighted by atomic mass is 16.4. The zero-order valence-electron chi connectivity index (χ0n) is 13.5. The lowest BCUT2D eigenvalue weighted by molar-refractivity contribution is -0.139. The number of carbonyl (C=O) groups excluding carboxylic acids is 2. The van der Waals surface area contributed by atoms with Crippen LogP contribution < -0.4 is 10.6 Å². The van der Waals surface area contributed by atoms with E-state index in [0.29, 0.717) is 13.0 Å². The van der Waals surface area contributed by atoms with E-state index in [2.05, 4.69) is 10.6 Å². The maximum absolute atomic E-state index is 12.1. The number of rotatable bonds is 8. The maximum Gasteiger partial charge on any atom is 0.326 e. The van der Waals surface area contributed by atoms with E-state index in [4.69, 9.17) is 5.11 Å². The van der Waals surface area contributed by atoms with Crippen molar-refractivity contribution in [2.45, 2.75) is 53.1 Å². The first-order chi connectivity index (χ1) is 9.67. The molecule has 0 aliphatic heterocycles. The number of nitrogens with zero attached hydrogens (tertiary/aromatic N) is 1. The Kier molecular flexibility index (Phi) is 8.42. The number of likely N-dealkylation sites (N-methyl/N-ethyl adjacent to an activating group) is 1. The Labute approximate surface area is 126 Å². The molecule has 0 fully saturated rings. The van der Waals surface area contributed by atoms with Gasteiger partial charge in [-0.2, -0.15) is 0 Å². The van der Waals surface area contributed by atoms with Gasteiger partial charge in [0, 0.05) is 12.6 Å². The van der Waals surface area contributed by atoms with Gasteiger partial charge in [-0.1, -0.05) is 13.8 Å². The van der Waals surface area contributed by atoms with Crippen LogP contribution in [0.1, 0.15) is 41.0 Å². The third-order valence-corrected chi connectivity index (χ3v) is 2.76. The summed E-state index contributed by atoms with van der Waals surface area (Å²) >= 11 is 0. The summed E-state index contributed by atoms with van der Waals surface area (Å²) in [5.74, 6) is -1.19.